The van der Waals surface area contributed by atoms with Gasteiger partial charge in [-0.05, 0) is 61.4 Å². The molecule has 0 radical (unpaired) electrons. The van der Waals surface area contributed by atoms with E-state index in [0.29, 0.717) is 16.4 Å². The first kappa shape index (κ1) is 20.1. The molecule has 6 nitrogen and oxygen atoms in total. The molecule has 2 aromatic heterocycles. The third kappa shape index (κ3) is 3.89. The molecular weight excluding hydrogens is 432 g/mol. The van der Waals surface area contributed by atoms with Crippen LogP contribution < -0.4 is 0 Å². The molecule has 7 heteroatoms. The van der Waals surface area contributed by atoms with Crippen molar-refractivity contribution < 1.29 is 9.21 Å². The van der Waals surface area contributed by atoms with Crippen molar-refractivity contribution in [2.75, 3.05) is 13.1 Å². The van der Waals surface area contributed by atoms with Crippen LogP contribution in [0, 0.1) is 0 Å². The Kier molecular flexibility index (Phi) is 5.11. The number of amides is 1. The van der Waals surface area contributed by atoms with E-state index >= 15 is 0 Å². The number of hydrogen-bond acceptors (Lipinski definition) is 5. The Morgan fingerprint density at radius 1 is 0.970 bits per heavy atom. The smallest absolute Gasteiger partial charge is 0.286 e. The van der Waals surface area contributed by atoms with Gasteiger partial charge in [0.25, 0.3) is 5.91 Å². The number of hydrogen-bond donors (Lipinski definition) is 0. The van der Waals surface area contributed by atoms with Crippen LogP contribution >= 0.6 is 11.8 Å². The number of piperidine rings is 1. The number of nitrogens with zero attached hydrogens (tertiary/aromatic N) is 4. The van der Waals surface area contributed by atoms with Gasteiger partial charge in [0.2, 0.25) is 0 Å². The number of furan rings is 1. The molecule has 1 amide bonds. The number of aromatic nitrogens is 2. The number of likely N-dealkylation sites (tertiary alicyclic amines) is 1. The maximum atomic E-state index is 12.7. The van der Waals surface area contributed by atoms with Crippen molar-refractivity contribution in [1.82, 2.24) is 14.7 Å². The van der Waals surface area contributed by atoms with Crippen molar-refractivity contribution in [2.45, 2.75) is 19.3 Å². The Bertz CT molecular complexity index is 1360. The van der Waals surface area contributed by atoms with E-state index in [0.717, 1.165) is 53.3 Å². The Balaban J connectivity index is 1.40. The summed E-state index contributed by atoms with van der Waals surface area (Å²) in [7, 11) is 0. The summed E-state index contributed by atoms with van der Waals surface area (Å²) in [5, 5.41) is 6.66. The molecule has 0 unspecified atom stereocenters. The molecule has 2 aromatic carbocycles. The van der Waals surface area contributed by atoms with Crippen molar-refractivity contribution >= 4 is 39.9 Å². The molecule has 164 valence electrons. The fraction of sp³-hybridized carbons (Fsp3) is 0.192. The maximum absolute atomic E-state index is 12.7. The highest BCUT2D eigenvalue weighted by Gasteiger charge is 2.28. The van der Waals surface area contributed by atoms with Gasteiger partial charge < -0.3 is 9.32 Å². The summed E-state index contributed by atoms with van der Waals surface area (Å²) < 4.78 is 7.94. The first-order valence-corrected chi connectivity index (χ1v) is 12.0. The Morgan fingerprint density at radius 3 is 2.58 bits per heavy atom. The van der Waals surface area contributed by atoms with Crippen molar-refractivity contribution in [3.05, 3.63) is 77.3 Å². The van der Waals surface area contributed by atoms with Crippen LogP contribution in [0.3, 0.4) is 0 Å². The number of rotatable bonds is 3. The monoisotopic (exact) mass is 454 g/mol. The molecule has 2 aliphatic rings. The number of aliphatic imine (C=N–C) groups is 1. The lowest BCUT2D eigenvalue weighted by atomic mass is 10.1. The fourth-order valence-corrected chi connectivity index (χ4v) is 5.21. The molecule has 0 N–H and O–H groups in total. The minimum Gasteiger partial charge on any atom is -0.454 e. The largest absolute Gasteiger partial charge is 0.454 e. The molecule has 0 spiro atoms. The second kappa shape index (κ2) is 8.41. The molecule has 1 fully saturated rings. The van der Waals surface area contributed by atoms with Gasteiger partial charge in [-0.15, -0.1) is 0 Å². The van der Waals surface area contributed by atoms with Crippen molar-refractivity contribution in [3.63, 3.8) is 0 Å². The molecule has 6 rings (SSSR count). The van der Waals surface area contributed by atoms with Crippen LogP contribution in [0.4, 0.5) is 0 Å². The normalized spacial score (nSPS) is 17.8. The number of carbonyl (C=O) groups is 1. The van der Waals surface area contributed by atoms with Gasteiger partial charge in [0.05, 0.1) is 10.6 Å². The van der Waals surface area contributed by atoms with Gasteiger partial charge in [-0.1, -0.05) is 36.4 Å². The van der Waals surface area contributed by atoms with E-state index in [1.807, 2.05) is 77.6 Å². The van der Waals surface area contributed by atoms with Crippen molar-refractivity contribution in [2.24, 2.45) is 4.99 Å². The number of carbonyl (C=O) groups excluding carboxylic acids is 1. The van der Waals surface area contributed by atoms with Gasteiger partial charge in [0.1, 0.15) is 11.3 Å². The van der Waals surface area contributed by atoms with E-state index in [4.69, 9.17) is 9.52 Å². The van der Waals surface area contributed by atoms with Gasteiger partial charge in [0, 0.05) is 30.2 Å². The summed E-state index contributed by atoms with van der Waals surface area (Å²) in [4.78, 5) is 19.9. The lowest BCUT2D eigenvalue weighted by Gasteiger charge is -2.27. The van der Waals surface area contributed by atoms with Crippen LogP contribution in [0.15, 0.2) is 81.2 Å². The van der Waals surface area contributed by atoms with Crippen LogP contribution in [-0.2, 0) is 4.79 Å². The molecule has 1 saturated heterocycles. The third-order valence-corrected chi connectivity index (χ3v) is 6.99. The van der Waals surface area contributed by atoms with E-state index in [-0.39, 0.29) is 5.91 Å². The first-order valence-electron chi connectivity index (χ1n) is 11.2. The highest BCUT2D eigenvalue weighted by atomic mass is 32.2. The number of amidine groups is 1. The number of benzene rings is 2. The standard InChI is InChI=1S/C26H22N4O2S/c31-25-23(33-26(27-25)29-13-7-2-8-14-29)16-19-17-30(20-10-3-1-4-11-20)28-24(19)22-15-18-9-5-6-12-21(18)32-22/h1,3-6,9-12,15-17H,2,7-8,13-14H2/b23-16-. The SMILES string of the molecule is O=C1N=C(N2CCCCC2)S/C1=C\c1cn(-c2ccccc2)nc1-c1cc2ccccc2o1. The lowest BCUT2D eigenvalue weighted by Crippen LogP contribution is -2.33. The number of thioether (sulfide) groups is 1. The summed E-state index contributed by atoms with van der Waals surface area (Å²) >= 11 is 1.45. The predicted molar refractivity (Wildman–Crippen MR) is 132 cm³/mol. The molecule has 0 saturated carbocycles. The highest BCUT2D eigenvalue weighted by molar-refractivity contribution is 8.18. The highest BCUT2D eigenvalue weighted by Crippen LogP contribution is 2.35. The van der Waals surface area contributed by atoms with Crippen LogP contribution in [0.1, 0.15) is 24.8 Å². The Labute approximate surface area is 195 Å². The van der Waals surface area contributed by atoms with Gasteiger partial charge in [0.15, 0.2) is 10.9 Å². The summed E-state index contributed by atoms with van der Waals surface area (Å²) in [5.74, 6) is 0.480. The summed E-state index contributed by atoms with van der Waals surface area (Å²) in [5.41, 5.74) is 3.27. The molecule has 4 aromatic rings. The van der Waals surface area contributed by atoms with E-state index in [2.05, 4.69) is 9.89 Å². The molecular formula is C26H22N4O2S. The number of para-hydroxylation sites is 2. The second-order valence-electron chi connectivity index (χ2n) is 8.22. The van der Waals surface area contributed by atoms with E-state index in [9.17, 15) is 4.79 Å². The lowest BCUT2D eigenvalue weighted by molar-refractivity contribution is -0.113. The molecule has 0 atom stereocenters. The summed E-state index contributed by atoms with van der Waals surface area (Å²) in [6.07, 6.45) is 7.37. The van der Waals surface area contributed by atoms with E-state index in [1.165, 1.54) is 18.2 Å². The zero-order valence-electron chi connectivity index (χ0n) is 18.0. The van der Waals surface area contributed by atoms with Gasteiger partial charge in [-0.25, -0.2) is 4.68 Å². The number of fused-ring (bicyclic) bond motifs is 1. The molecule has 4 heterocycles. The Morgan fingerprint density at radius 2 is 1.76 bits per heavy atom. The maximum Gasteiger partial charge on any atom is 0.286 e. The molecule has 0 bridgehead atoms. The van der Waals surface area contributed by atoms with Crippen LogP contribution in [0.25, 0.3) is 34.2 Å². The van der Waals surface area contributed by atoms with Crippen molar-refractivity contribution in [3.8, 4) is 17.1 Å². The predicted octanol–water partition coefficient (Wildman–Crippen LogP) is 5.74. The van der Waals surface area contributed by atoms with Crippen LogP contribution in [-0.4, -0.2) is 38.8 Å². The third-order valence-electron chi connectivity index (χ3n) is 5.94. The van der Waals surface area contributed by atoms with E-state index in [1.54, 1.807) is 0 Å². The zero-order valence-corrected chi connectivity index (χ0v) is 18.8. The molecule has 2 aliphatic heterocycles. The summed E-state index contributed by atoms with van der Waals surface area (Å²) in [6, 6.07) is 19.8. The molecule has 0 aliphatic carbocycles. The van der Waals surface area contributed by atoms with Gasteiger partial charge >= 0.3 is 0 Å². The minimum absolute atomic E-state index is 0.191. The topological polar surface area (TPSA) is 63.6 Å². The molecule has 33 heavy (non-hydrogen) atoms. The van der Waals surface area contributed by atoms with Crippen LogP contribution in [0.2, 0.25) is 0 Å². The van der Waals surface area contributed by atoms with Crippen LogP contribution in [0.5, 0.6) is 0 Å². The minimum atomic E-state index is -0.191. The zero-order chi connectivity index (χ0) is 22.2. The second-order valence-corrected chi connectivity index (χ2v) is 9.23. The summed E-state index contributed by atoms with van der Waals surface area (Å²) in [6.45, 7) is 1.92. The average molecular weight is 455 g/mol. The average Bonchev–Trinajstić information content (AvgIpc) is 3.57. The fourth-order valence-electron chi connectivity index (χ4n) is 4.26. The Hall–Kier alpha value is -3.58. The quantitative estimate of drug-likeness (QED) is 0.369. The van der Waals surface area contributed by atoms with E-state index < -0.39 is 0 Å². The van der Waals surface area contributed by atoms with Gasteiger partial charge in [-0.3, -0.25) is 4.79 Å². The van der Waals surface area contributed by atoms with Crippen molar-refractivity contribution in [1.29, 1.82) is 0 Å². The first-order chi connectivity index (χ1) is 16.2. The van der Waals surface area contributed by atoms with Gasteiger partial charge in [-0.2, -0.15) is 10.1 Å².